The maximum absolute atomic E-state index is 11.0. The topological polar surface area (TPSA) is 55.1 Å². The molecule has 3 rings (SSSR count). The summed E-state index contributed by atoms with van der Waals surface area (Å²) < 4.78 is 2.78. The Morgan fingerprint density at radius 2 is 2.39 bits per heavy atom. The van der Waals surface area contributed by atoms with Crippen LogP contribution < -0.4 is 0 Å². The minimum atomic E-state index is -0.732. The number of nitrogens with zero attached hydrogens (tertiary/aromatic N) is 2. The maximum atomic E-state index is 11.0. The van der Waals surface area contributed by atoms with E-state index in [1.54, 1.807) is 0 Å². The van der Waals surface area contributed by atoms with E-state index in [1.807, 2.05) is 22.9 Å². The number of rotatable bonds is 2. The molecule has 0 aliphatic carbocycles. The Kier molecular flexibility index (Phi) is 2.87. The van der Waals surface area contributed by atoms with Crippen LogP contribution in [-0.4, -0.2) is 20.6 Å². The van der Waals surface area contributed by atoms with Crippen molar-refractivity contribution >= 4 is 28.9 Å². The molecule has 2 aromatic rings. The molecule has 4 nitrogen and oxygen atoms in total. The lowest BCUT2D eigenvalue weighted by molar-refractivity contribution is -0.142. The van der Waals surface area contributed by atoms with Gasteiger partial charge in [0.1, 0.15) is 5.82 Å². The van der Waals surface area contributed by atoms with Crippen LogP contribution in [0.2, 0.25) is 4.34 Å². The van der Waals surface area contributed by atoms with Crippen LogP contribution in [0.25, 0.3) is 10.6 Å². The zero-order valence-electron chi connectivity index (χ0n) is 9.47. The molecule has 1 atom stereocenters. The summed E-state index contributed by atoms with van der Waals surface area (Å²) in [4.78, 5) is 16.5. The summed E-state index contributed by atoms with van der Waals surface area (Å²) in [6, 6.07) is 3.79. The highest BCUT2D eigenvalue weighted by Gasteiger charge is 2.26. The number of aliphatic carboxylic acids is 1. The molecule has 0 radical (unpaired) electrons. The van der Waals surface area contributed by atoms with Crippen molar-refractivity contribution in [2.45, 2.75) is 19.4 Å². The van der Waals surface area contributed by atoms with E-state index in [-0.39, 0.29) is 5.92 Å². The number of aromatic nitrogens is 2. The number of hydrogen-bond donors (Lipinski definition) is 1. The number of aryl methyl sites for hydroxylation is 1. The second kappa shape index (κ2) is 4.40. The van der Waals surface area contributed by atoms with E-state index in [9.17, 15) is 4.79 Å². The highest BCUT2D eigenvalue weighted by molar-refractivity contribution is 7.19. The highest BCUT2D eigenvalue weighted by Crippen LogP contribution is 2.32. The zero-order valence-corrected chi connectivity index (χ0v) is 11.0. The number of fused-ring (bicyclic) bond motifs is 1. The SMILES string of the molecule is O=C(O)C1CCn2cc(-c3ccc(Cl)s3)nc2C1. The van der Waals surface area contributed by atoms with Crippen LogP contribution in [0.5, 0.6) is 0 Å². The van der Waals surface area contributed by atoms with Gasteiger partial charge in [-0.1, -0.05) is 11.6 Å². The number of carboxylic acids is 1. The molecule has 94 valence electrons. The Hall–Kier alpha value is -1.33. The number of halogens is 1. The van der Waals surface area contributed by atoms with Crippen molar-refractivity contribution in [2.24, 2.45) is 5.92 Å². The molecule has 0 spiro atoms. The van der Waals surface area contributed by atoms with Gasteiger partial charge in [0, 0.05) is 19.2 Å². The predicted molar refractivity (Wildman–Crippen MR) is 70.0 cm³/mol. The van der Waals surface area contributed by atoms with E-state index < -0.39 is 5.97 Å². The smallest absolute Gasteiger partial charge is 0.307 e. The molecular weight excluding hydrogens is 272 g/mol. The average Bonchev–Trinajstić information content (AvgIpc) is 2.93. The molecule has 18 heavy (non-hydrogen) atoms. The first-order valence-corrected chi connectivity index (χ1v) is 6.87. The molecule has 0 amide bonds. The first kappa shape index (κ1) is 11.7. The van der Waals surface area contributed by atoms with Gasteiger partial charge in [0.15, 0.2) is 0 Å². The number of carbonyl (C=O) groups is 1. The van der Waals surface area contributed by atoms with Gasteiger partial charge >= 0.3 is 5.97 Å². The maximum Gasteiger partial charge on any atom is 0.307 e. The van der Waals surface area contributed by atoms with Crippen LogP contribution in [0, 0.1) is 5.92 Å². The van der Waals surface area contributed by atoms with Crippen molar-refractivity contribution in [3.8, 4) is 10.6 Å². The van der Waals surface area contributed by atoms with Crippen molar-refractivity contribution in [1.82, 2.24) is 9.55 Å². The minimum absolute atomic E-state index is 0.306. The Morgan fingerprint density at radius 1 is 1.56 bits per heavy atom. The summed E-state index contributed by atoms with van der Waals surface area (Å²) in [7, 11) is 0. The Morgan fingerprint density at radius 3 is 3.06 bits per heavy atom. The van der Waals surface area contributed by atoms with Crippen LogP contribution in [-0.2, 0) is 17.8 Å². The van der Waals surface area contributed by atoms with Crippen LogP contribution in [0.15, 0.2) is 18.3 Å². The third kappa shape index (κ3) is 2.04. The first-order valence-electron chi connectivity index (χ1n) is 5.68. The van der Waals surface area contributed by atoms with E-state index >= 15 is 0 Å². The van der Waals surface area contributed by atoms with Crippen molar-refractivity contribution in [3.63, 3.8) is 0 Å². The summed E-state index contributed by atoms with van der Waals surface area (Å²) >= 11 is 7.39. The molecular formula is C12H11ClN2O2S. The van der Waals surface area contributed by atoms with E-state index in [0.717, 1.165) is 27.3 Å². The number of hydrogen-bond acceptors (Lipinski definition) is 3. The van der Waals surface area contributed by atoms with Gasteiger partial charge in [-0.15, -0.1) is 11.3 Å². The fourth-order valence-electron chi connectivity index (χ4n) is 2.21. The van der Waals surface area contributed by atoms with E-state index in [4.69, 9.17) is 16.7 Å². The third-order valence-electron chi connectivity index (χ3n) is 3.18. The molecule has 3 heterocycles. The predicted octanol–water partition coefficient (Wildman–Crippen LogP) is 2.91. The van der Waals surface area contributed by atoms with Crippen molar-refractivity contribution in [3.05, 3.63) is 28.5 Å². The summed E-state index contributed by atoms with van der Waals surface area (Å²) in [5.74, 6) is -0.183. The van der Waals surface area contributed by atoms with Gasteiger partial charge in [-0.25, -0.2) is 4.98 Å². The number of carboxylic acid groups (broad SMARTS) is 1. The molecule has 2 aromatic heterocycles. The summed E-state index contributed by atoms with van der Waals surface area (Å²) in [5, 5.41) is 9.04. The number of imidazole rings is 1. The standard InChI is InChI=1S/C12H11ClN2O2S/c13-10-2-1-9(18-10)8-6-15-4-3-7(12(16)17)5-11(15)14-8/h1-2,6-7H,3-5H2,(H,16,17). The van der Waals surface area contributed by atoms with Crippen LogP contribution in [0.4, 0.5) is 0 Å². The van der Waals surface area contributed by atoms with Gasteiger partial charge in [0.05, 0.1) is 20.8 Å². The van der Waals surface area contributed by atoms with Crippen molar-refractivity contribution in [1.29, 1.82) is 0 Å². The van der Waals surface area contributed by atoms with E-state index in [2.05, 4.69) is 4.98 Å². The lowest BCUT2D eigenvalue weighted by atomic mass is 9.98. The second-order valence-electron chi connectivity index (χ2n) is 4.37. The van der Waals surface area contributed by atoms with Gasteiger partial charge in [-0.05, 0) is 18.6 Å². The highest BCUT2D eigenvalue weighted by atomic mass is 35.5. The van der Waals surface area contributed by atoms with Gasteiger partial charge in [0.25, 0.3) is 0 Å². The quantitative estimate of drug-likeness (QED) is 0.921. The summed E-state index contributed by atoms with van der Waals surface area (Å²) in [6.07, 6.45) is 3.16. The Balaban J connectivity index is 1.91. The van der Waals surface area contributed by atoms with E-state index in [0.29, 0.717) is 12.8 Å². The average molecular weight is 283 g/mol. The zero-order chi connectivity index (χ0) is 12.7. The van der Waals surface area contributed by atoms with Crippen LogP contribution in [0.1, 0.15) is 12.2 Å². The largest absolute Gasteiger partial charge is 0.481 e. The second-order valence-corrected chi connectivity index (χ2v) is 6.08. The van der Waals surface area contributed by atoms with E-state index in [1.165, 1.54) is 11.3 Å². The van der Waals surface area contributed by atoms with Crippen molar-refractivity contribution < 1.29 is 9.90 Å². The lowest BCUT2D eigenvalue weighted by Gasteiger charge is -2.19. The fourth-order valence-corrected chi connectivity index (χ4v) is 3.21. The Bertz CT molecular complexity index is 605. The summed E-state index contributed by atoms with van der Waals surface area (Å²) in [6.45, 7) is 0.721. The molecule has 0 saturated carbocycles. The van der Waals surface area contributed by atoms with Gasteiger partial charge in [0.2, 0.25) is 0 Å². The molecule has 0 aromatic carbocycles. The molecule has 0 saturated heterocycles. The van der Waals surface area contributed by atoms with Crippen LogP contribution in [0.3, 0.4) is 0 Å². The molecule has 1 unspecified atom stereocenters. The molecule has 1 N–H and O–H groups in total. The molecule has 1 aliphatic rings. The normalized spacial score (nSPS) is 18.6. The monoisotopic (exact) mass is 282 g/mol. The fraction of sp³-hybridized carbons (Fsp3) is 0.333. The third-order valence-corrected chi connectivity index (χ3v) is 4.44. The van der Waals surface area contributed by atoms with Gasteiger partial charge in [-0.2, -0.15) is 0 Å². The molecule has 1 aliphatic heterocycles. The minimum Gasteiger partial charge on any atom is -0.481 e. The van der Waals surface area contributed by atoms with Crippen LogP contribution >= 0.6 is 22.9 Å². The lowest BCUT2D eigenvalue weighted by Crippen LogP contribution is -2.25. The molecule has 0 bridgehead atoms. The molecule has 6 heteroatoms. The van der Waals surface area contributed by atoms with Gasteiger partial charge < -0.3 is 9.67 Å². The molecule has 0 fully saturated rings. The Labute approximate surface area is 113 Å². The summed E-state index contributed by atoms with van der Waals surface area (Å²) in [5.41, 5.74) is 0.882. The van der Waals surface area contributed by atoms with Gasteiger partial charge in [-0.3, -0.25) is 4.79 Å². The number of thiophene rings is 1. The first-order chi connectivity index (χ1) is 8.63. The van der Waals surface area contributed by atoms with Crippen molar-refractivity contribution in [2.75, 3.05) is 0 Å².